The lowest BCUT2D eigenvalue weighted by molar-refractivity contribution is 0.0599. The molecule has 5 nitrogen and oxygen atoms in total. The number of aliphatic hydroxyl groups excluding tert-OH is 1. The molecule has 0 aromatic carbocycles. The molecule has 1 heterocycles. The number of furan rings is 1. The number of carbonyl (C=O) groups excluding carboxylic acids is 1. The summed E-state index contributed by atoms with van der Waals surface area (Å²) in [6, 6.07) is 1.67. The summed E-state index contributed by atoms with van der Waals surface area (Å²) in [4.78, 5) is 11.4. The van der Waals surface area contributed by atoms with Crippen molar-refractivity contribution in [2.45, 2.75) is 39.8 Å². The zero-order valence-corrected chi connectivity index (χ0v) is 12.0. The molecule has 0 bridgehead atoms. The molecule has 2 N–H and O–H groups in total. The minimum absolute atomic E-state index is 0.261. The van der Waals surface area contributed by atoms with E-state index in [0.29, 0.717) is 30.2 Å². The van der Waals surface area contributed by atoms with Gasteiger partial charge in [-0.1, -0.05) is 20.3 Å². The van der Waals surface area contributed by atoms with Crippen LogP contribution in [0.5, 0.6) is 0 Å². The van der Waals surface area contributed by atoms with Crippen LogP contribution in [0.3, 0.4) is 0 Å². The largest absolute Gasteiger partial charge is 0.465 e. The monoisotopic (exact) mass is 269 g/mol. The van der Waals surface area contributed by atoms with E-state index in [-0.39, 0.29) is 12.0 Å². The van der Waals surface area contributed by atoms with Crippen molar-refractivity contribution in [3.05, 3.63) is 23.2 Å². The summed E-state index contributed by atoms with van der Waals surface area (Å²) in [6.07, 6.45) is 0.566. The van der Waals surface area contributed by atoms with Crippen molar-refractivity contribution in [1.82, 2.24) is 5.32 Å². The first kappa shape index (κ1) is 15.7. The van der Waals surface area contributed by atoms with Gasteiger partial charge in [-0.15, -0.1) is 0 Å². The second-order valence-electron chi connectivity index (χ2n) is 4.76. The van der Waals surface area contributed by atoms with Crippen molar-refractivity contribution in [3.8, 4) is 0 Å². The maximum atomic E-state index is 11.4. The molecule has 0 saturated heterocycles. The van der Waals surface area contributed by atoms with Gasteiger partial charge in [-0.05, 0) is 18.9 Å². The van der Waals surface area contributed by atoms with Gasteiger partial charge in [-0.2, -0.15) is 0 Å². The Labute approximate surface area is 113 Å². The van der Waals surface area contributed by atoms with Gasteiger partial charge in [0.25, 0.3) is 0 Å². The Morgan fingerprint density at radius 1 is 1.58 bits per heavy atom. The highest BCUT2D eigenvalue weighted by Gasteiger charge is 2.16. The summed E-state index contributed by atoms with van der Waals surface area (Å²) in [6.45, 7) is 6.77. The molecule has 0 aliphatic heterocycles. The normalized spacial score (nSPS) is 14.2. The van der Waals surface area contributed by atoms with Crippen molar-refractivity contribution in [3.63, 3.8) is 0 Å². The minimum atomic E-state index is -0.396. The van der Waals surface area contributed by atoms with Crippen LogP contribution in [0.2, 0.25) is 0 Å². The quantitative estimate of drug-likeness (QED) is 0.739. The van der Waals surface area contributed by atoms with E-state index < -0.39 is 5.97 Å². The van der Waals surface area contributed by atoms with Gasteiger partial charge in [-0.25, -0.2) is 4.79 Å². The SMILES string of the molecule is CCC(C)C(O)CNCc1cc(C(=O)OC)c(C)o1. The number of ether oxygens (including phenoxy) is 1. The number of methoxy groups -OCH3 is 1. The van der Waals surface area contributed by atoms with Crippen LogP contribution >= 0.6 is 0 Å². The summed E-state index contributed by atoms with van der Waals surface area (Å²) in [5.41, 5.74) is 0.446. The summed E-state index contributed by atoms with van der Waals surface area (Å²) in [5.74, 6) is 1.07. The molecular formula is C14H23NO4. The lowest BCUT2D eigenvalue weighted by atomic mass is 10.0. The molecule has 2 atom stereocenters. The number of hydrogen-bond donors (Lipinski definition) is 2. The number of hydrogen-bond acceptors (Lipinski definition) is 5. The fourth-order valence-electron chi connectivity index (χ4n) is 1.76. The summed E-state index contributed by atoms with van der Waals surface area (Å²) in [5, 5.41) is 12.9. The molecule has 108 valence electrons. The number of esters is 1. The number of nitrogens with one attached hydrogen (secondary N) is 1. The van der Waals surface area contributed by atoms with Gasteiger partial charge < -0.3 is 19.6 Å². The maximum Gasteiger partial charge on any atom is 0.341 e. The van der Waals surface area contributed by atoms with Crippen molar-refractivity contribution >= 4 is 5.97 Å². The summed E-state index contributed by atoms with van der Waals surface area (Å²) >= 11 is 0. The summed E-state index contributed by atoms with van der Waals surface area (Å²) < 4.78 is 10.1. The van der Waals surface area contributed by atoms with Crippen LogP contribution in [0, 0.1) is 12.8 Å². The Kier molecular flexibility index (Phi) is 6.05. The molecule has 1 rings (SSSR count). The van der Waals surface area contributed by atoms with Crippen molar-refractivity contribution in [2.75, 3.05) is 13.7 Å². The molecule has 0 radical (unpaired) electrons. The summed E-state index contributed by atoms with van der Waals surface area (Å²) in [7, 11) is 1.34. The number of rotatable bonds is 7. The van der Waals surface area contributed by atoms with E-state index >= 15 is 0 Å². The van der Waals surface area contributed by atoms with Gasteiger partial charge >= 0.3 is 5.97 Å². The van der Waals surface area contributed by atoms with E-state index in [9.17, 15) is 9.90 Å². The zero-order chi connectivity index (χ0) is 14.4. The highest BCUT2D eigenvalue weighted by Crippen LogP contribution is 2.15. The zero-order valence-electron chi connectivity index (χ0n) is 12.0. The average Bonchev–Trinajstić information content (AvgIpc) is 2.77. The fourth-order valence-corrected chi connectivity index (χ4v) is 1.76. The van der Waals surface area contributed by atoms with Gasteiger partial charge in [-0.3, -0.25) is 0 Å². The molecule has 2 unspecified atom stereocenters. The van der Waals surface area contributed by atoms with Gasteiger partial charge in [0.15, 0.2) is 0 Å². The highest BCUT2D eigenvalue weighted by molar-refractivity contribution is 5.90. The van der Waals surface area contributed by atoms with Crippen LogP contribution in [0.4, 0.5) is 0 Å². The van der Waals surface area contributed by atoms with Crippen molar-refractivity contribution in [2.24, 2.45) is 5.92 Å². The third-order valence-corrected chi connectivity index (χ3v) is 3.33. The second kappa shape index (κ2) is 7.31. The topological polar surface area (TPSA) is 71.7 Å². The van der Waals surface area contributed by atoms with Gasteiger partial charge in [0, 0.05) is 6.54 Å². The van der Waals surface area contributed by atoms with E-state index in [2.05, 4.69) is 10.1 Å². The van der Waals surface area contributed by atoms with Crippen LogP contribution < -0.4 is 5.32 Å². The van der Waals surface area contributed by atoms with E-state index in [1.807, 2.05) is 13.8 Å². The molecule has 19 heavy (non-hydrogen) atoms. The highest BCUT2D eigenvalue weighted by atomic mass is 16.5. The predicted octanol–water partition coefficient (Wildman–Crippen LogP) is 1.87. The third kappa shape index (κ3) is 4.36. The Hall–Kier alpha value is -1.33. The predicted molar refractivity (Wildman–Crippen MR) is 72.0 cm³/mol. The molecule has 1 aromatic heterocycles. The molecule has 1 aromatic rings. The second-order valence-corrected chi connectivity index (χ2v) is 4.76. The smallest absolute Gasteiger partial charge is 0.341 e. The molecule has 0 aliphatic carbocycles. The fraction of sp³-hybridized carbons (Fsp3) is 0.643. The lowest BCUT2D eigenvalue weighted by Gasteiger charge is -2.17. The minimum Gasteiger partial charge on any atom is -0.465 e. The molecule has 0 spiro atoms. The molecule has 0 saturated carbocycles. The Bertz CT molecular complexity index is 414. The molecule has 0 aliphatic rings. The van der Waals surface area contributed by atoms with E-state index in [4.69, 9.17) is 4.42 Å². The first-order valence-corrected chi connectivity index (χ1v) is 6.56. The first-order chi connectivity index (χ1) is 8.99. The van der Waals surface area contributed by atoms with Crippen LogP contribution in [-0.2, 0) is 11.3 Å². The van der Waals surface area contributed by atoms with Crippen molar-refractivity contribution < 1.29 is 19.1 Å². The van der Waals surface area contributed by atoms with Crippen LogP contribution in [0.15, 0.2) is 10.5 Å². The molecule has 0 fully saturated rings. The number of carbonyl (C=O) groups is 1. The molecular weight excluding hydrogens is 246 g/mol. The molecule has 5 heteroatoms. The number of aliphatic hydroxyl groups is 1. The van der Waals surface area contributed by atoms with E-state index in [1.165, 1.54) is 7.11 Å². The maximum absolute atomic E-state index is 11.4. The van der Waals surface area contributed by atoms with Crippen LogP contribution in [0.1, 0.15) is 42.1 Å². The first-order valence-electron chi connectivity index (χ1n) is 6.56. The third-order valence-electron chi connectivity index (χ3n) is 3.33. The Morgan fingerprint density at radius 3 is 2.84 bits per heavy atom. The lowest BCUT2D eigenvalue weighted by Crippen LogP contribution is -2.31. The van der Waals surface area contributed by atoms with Crippen LogP contribution in [0.25, 0.3) is 0 Å². The Morgan fingerprint density at radius 2 is 2.26 bits per heavy atom. The average molecular weight is 269 g/mol. The van der Waals surface area contributed by atoms with E-state index in [0.717, 1.165) is 6.42 Å². The standard InChI is InChI=1S/C14H23NO4/c1-5-9(2)13(16)8-15-7-11-6-12(10(3)19-11)14(17)18-4/h6,9,13,15-16H,5,7-8H2,1-4H3. The van der Waals surface area contributed by atoms with E-state index in [1.54, 1.807) is 13.0 Å². The van der Waals surface area contributed by atoms with Crippen molar-refractivity contribution in [1.29, 1.82) is 0 Å². The van der Waals surface area contributed by atoms with Gasteiger partial charge in [0.05, 0.1) is 19.8 Å². The van der Waals surface area contributed by atoms with Crippen LogP contribution in [-0.4, -0.2) is 30.8 Å². The van der Waals surface area contributed by atoms with Gasteiger partial charge in [0.2, 0.25) is 0 Å². The number of aryl methyl sites for hydroxylation is 1. The molecule has 0 amide bonds. The van der Waals surface area contributed by atoms with Gasteiger partial charge in [0.1, 0.15) is 17.1 Å². The Balaban J connectivity index is 2.48.